The zero-order valence-corrected chi connectivity index (χ0v) is 11.5. The van der Waals surface area contributed by atoms with E-state index in [0.29, 0.717) is 23.2 Å². The molecule has 3 fully saturated rings. The van der Waals surface area contributed by atoms with Crippen molar-refractivity contribution in [3.63, 3.8) is 0 Å². The first-order valence-electron chi connectivity index (χ1n) is 7.58. The van der Waals surface area contributed by atoms with Crippen LogP contribution in [0.1, 0.15) is 6.42 Å². The van der Waals surface area contributed by atoms with Gasteiger partial charge in [0.15, 0.2) is 0 Å². The summed E-state index contributed by atoms with van der Waals surface area (Å²) in [6.45, 7) is 0. The van der Waals surface area contributed by atoms with Crippen molar-refractivity contribution in [2.75, 3.05) is 10.6 Å². The van der Waals surface area contributed by atoms with E-state index in [1.54, 1.807) is 24.3 Å². The van der Waals surface area contributed by atoms with Crippen LogP contribution in [0.25, 0.3) is 0 Å². The SMILES string of the molecule is Nc1ccc(N2C(=O)[C@@H]3[C@@H]4C=C[C@@H]([C@H]5C[C@@H]45)[C@@H]3C2=O)cc1. The van der Waals surface area contributed by atoms with Crippen LogP contribution >= 0.6 is 0 Å². The van der Waals surface area contributed by atoms with Gasteiger partial charge in [-0.2, -0.15) is 0 Å². The number of amides is 2. The maximum absolute atomic E-state index is 12.8. The second kappa shape index (κ2) is 3.56. The Morgan fingerprint density at radius 2 is 1.43 bits per heavy atom. The summed E-state index contributed by atoms with van der Waals surface area (Å²) in [6.07, 6.45) is 5.58. The molecule has 1 aromatic carbocycles. The van der Waals surface area contributed by atoms with Gasteiger partial charge >= 0.3 is 0 Å². The van der Waals surface area contributed by atoms with Crippen molar-refractivity contribution < 1.29 is 9.59 Å². The van der Waals surface area contributed by atoms with Crippen LogP contribution in [0, 0.1) is 35.5 Å². The Balaban J connectivity index is 1.58. The van der Waals surface area contributed by atoms with Crippen LogP contribution in [0.3, 0.4) is 0 Å². The molecule has 1 aromatic rings. The van der Waals surface area contributed by atoms with Crippen LogP contribution in [-0.2, 0) is 9.59 Å². The fourth-order valence-electron chi connectivity index (χ4n) is 4.83. The van der Waals surface area contributed by atoms with Crippen LogP contribution in [0.4, 0.5) is 11.4 Å². The molecule has 1 aliphatic heterocycles. The van der Waals surface area contributed by atoms with Crippen LogP contribution in [0.15, 0.2) is 36.4 Å². The predicted molar refractivity (Wildman–Crippen MR) is 78.0 cm³/mol. The number of allylic oxidation sites excluding steroid dienone is 2. The molecule has 0 unspecified atom stereocenters. The first-order chi connectivity index (χ1) is 10.2. The number of imide groups is 1. The van der Waals surface area contributed by atoms with Crippen LogP contribution in [0.5, 0.6) is 0 Å². The van der Waals surface area contributed by atoms with Gasteiger partial charge in [-0.25, -0.2) is 0 Å². The first-order valence-corrected chi connectivity index (χ1v) is 7.58. The van der Waals surface area contributed by atoms with Crippen molar-refractivity contribution >= 4 is 23.2 Å². The summed E-state index contributed by atoms with van der Waals surface area (Å²) < 4.78 is 0. The number of nitrogens with two attached hydrogens (primary N) is 1. The molecule has 4 heteroatoms. The number of benzene rings is 1. The van der Waals surface area contributed by atoms with Crippen LogP contribution < -0.4 is 10.6 Å². The second-order valence-electron chi connectivity index (χ2n) is 6.76. The Morgan fingerprint density at radius 1 is 0.905 bits per heavy atom. The highest BCUT2D eigenvalue weighted by molar-refractivity contribution is 6.22. The van der Waals surface area contributed by atoms with Gasteiger partial charge < -0.3 is 5.73 Å². The van der Waals surface area contributed by atoms with E-state index in [2.05, 4.69) is 12.2 Å². The number of nitrogen functional groups attached to an aromatic ring is 1. The molecule has 2 saturated carbocycles. The molecular weight excluding hydrogens is 264 g/mol. The van der Waals surface area contributed by atoms with E-state index in [4.69, 9.17) is 5.73 Å². The van der Waals surface area contributed by atoms with E-state index in [-0.39, 0.29) is 35.5 Å². The van der Waals surface area contributed by atoms with E-state index in [9.17, 15) is 9.59 Å². The number of carbonyl (C=O) groups is 2. The van der Waals surface area contributed by atoms with Crippen molar-refractivity contribution in [1.29, 1.82) is 0 Å². The van der Waals surface area contributed by atoms with Gasteiger partial charge in [0, 0.05) is 5.69 Å². The van der Waals surface area contributed by atoms with E-state index in [1.165, 1.54) is 11.3 Å². The standard InChI is InChI=1S/C17H16N2O2/c18-8-1-3-9(4-2-8)19-16(20)14-10-5-6-11(13-7-12(10)13)15(14)17(19)21/h1-6,10-15H,7,18H2/t10-,11+,12+,13-,14-,15+. The summed E-state index contributed by atoms with van der Waals surface area (Å²) in [5.74, 6) is 1.55. The van der Waals surface area contributed by atoms with Gasteiger partial charge in [-0.05, 0) is 54.4 Å². The summed E-state index contributed by atoms with van der Waals surface area (Å²) in [6, 6.07) is 7.00. The lowest BCUT2D eigenvalue weighted by molar-refractivity contribution is -0.124. The third kappa shape index (κ3) is 1.30. The number of nitrogens with zero attached hydrogens (tertiary/aromatic N) is 1. The Bertz CT molecular complexity index is 657. The molecule has 5 aliphatic rings. The second-order valence-corrected chi connectivity index (χ2v) is 6.76. The van der Waals surface area contributed by atoms with E-state index < -0.39 is 0 Å². The minimum absolute atomic E-state index is 0.0144. The lowest BCUT2D eigenvalue weighted by Gasteiger charge is -2.37. The summed E-state index contributed by atoms with van der Waals surface area (Å²) in [5, 5.41) is 0. The van der Waals surface area contributed by atoms with Gasteiger partial charge in [0.1, 0.15) is 0 Å². The Morgan fingerprint density at radius 3 is 1.95 bits per heavy atom. The van der Waals surface area contributed by atoms with E-state index >= 15 is 0 Å². The van der Waals surface area contributed by atoms with Crippen molar-refractivity contribution in [1.82, 2.24) is 0 Å². The molecule has 21 heavy (non-hydrogen) atoms. The van der Waals surface area contributed by atoms with Gasteiger partial charge in [0.2, 0.25) is 11.8 Å². The summed E-state index contributed by atoms with van der Waals surface area (Å²) in [7, 11) is 0. The molecule has 1 heterocycles. The minimum Gasteiger partial charge on any atom is -0.399 e. The molecule has 0 aromatic heterocycles. The Hall–Kier alpha value is -2.10. The molecule has 1 saturated heterocycles. The van der Waals surface area contributed by atoms with Crippen LogP contribution in [-0.4, -0.2) is 11.8 Å². The first kappa shape index (κ1) is 11.5. The average molecular weight is 280 g/mol. The maximum Gasteiger partial charge on any atom is 0.238 e. The molecule has 106 valence electrons. The molecule has 2 amide bonds. The van der Waals surface area contributed by atoms with Gasteiger partial charge in [-0.1, -0.05) is 12.2 Å². The highest BCUT2D eigenvalue weighted by Gasteiger charge is 2.67. The van der Waals surface area contributed by atoms with E-state index in [1.807, 2.05) is 0 Å². The summed E-state index contributed by atoms with van der Waals surface area (Å²) in [5.41, 5.74) is 6.98. The topological polar surface area (TPSA) is 63.4 Å². The Kier molecular flexibility index (Phi) is 1.96. The monoisotopic (exact) mass is 280 g/mol. The van der Waals surface area contributed by atoms with Gasteiger partial charge in [0.05, 0.1) is 17.5 Å². The molecule has 2 N–H and O–H groups in total. The highest BCUT2D eigenvalue weighted by Crippen LogP contribution is 2.65. The molecule has 6 rings (SSSR count). The van der Waals surface area contributed by atoms with Gasteiger partial charge in [-0.15, -0.1) is 0 Å². The fourth-order valence-corrected chi connectivity index (χ4v) is 4.83. The lowest BCUT2D eigenvalue weighted by atomic mass is 9.63. The lowest BCUT2D eigenvalue weighted by Crippen LogP contribution is -2.40. The van der Waals surface area contributed by atoms with Crippen molar-refractivity contribution in [3.05, 3.63) is 36.4 Å². The molecule has 0 radical (unpaired) electrons. The van der Waals surface area contributed by atoms with Crippen molar-refractivity contribution in [3.8, 4) is 0 Å². The number of carbonyl (C=O) groups excluding carboxylic acids is 2. The Labute approximate surface area is 122 Å². The molecular formula is C17H16N2O2. The maximum atomic E-state index is 12.8. The zero-order valence-electron chi connectivity index (χ0n) is 11.5. The van der Waals surface area contributed by atoms with Crippen molar-refractivity contribution in [2.24, 2.45) is 35.5 Å². The third-order valence-corrected chi connectivity index (χ3v) is 5.81. The molecule has 4 nitrogen and oxygen atoms in total. The van der Waals surface area contributed by atoms with Crippen molar-refractivity contribution in [2.45, 2.75) is 6.42 Å². The molecule has 6 atom stereocenters. The number of hydrogen-bond donors (Lipinski definition) is 1. The normalized spacial score (nSPS) is 42.2. The van der Waals surface area contributed by atoms with Gasteiger partial charge in [-0.3, -0.25) is 14.5 Å². The zero-order chi connectivity index (χ0) is 14.3. The minimum atomic E-state index is -0.131. The molecule has 2 bridgehead atoms. The predicted octanol–water partition coefficient (Wildman–Crippen LogP) is 1.83. The molecule has 4 aliphatic carbocycles. The van der Waals surface area contributed by atoms with Crippen LogP contribution in [0.2, 0.25) is 0 Å². The fraction of sp³-hybridized carbons (Fsp3) is 0.412. The van der Waals surface area contributed by atoms with E-state index in [0.717, 1.165) is 0 Å². The largest absolute Gasteiger partial charge is 0.399 e. The van der Waals surface area contributed by atoms with Gasteiger partial charge in [0.25, 0.3) is 0 Å². The average Bonchev–Trinajstić information content (AvgIpc) is 3.26. The number of anilines is 2. The third-order valence-electron chi connectivity index (χ3n) is 5.81. The number of hydrogen-bond acceptors (Lipinski definition) is 3. The highest BCUT2D eigenvalue weighted by atomic mass is 16.2. The quantitative estimate of drug-likeness (QED) is 0.485. The molecule has 0 spiro atoms. The summed E-state index contributed by atoms with van der Waals surface area (Å²) >= 11 is 0. The summed E-state index contributed by atoms with van der Waals surface area (Å²) in [4.78, 5) is 27.1. The number of rotatable bonds is 1. The smallest absolute Gasteiger partial charge is 0.238 e.